The van der Waals surface area contributed by atoms with Gasteiger partial charge in [0.25, 0.3) is 0 Å². The van der Waals surface area contributed by atoms with E-state index in [4.69, 9.17) is 16.1 Å². The quantitative estimate of drug-likeness (QED) is 0.865. The van der Waals surface area contributed by atoms with Gasteiger partial charge in [0.1, 0.15) is 0 Å². The fourth-order valence-corrected chi connectivity index (χ4v) is 3.42. The summed E-state index contributed by atoms with van der Waals surface area (Å²) in [4.78, 5) is 6.87. The number of aromatic nitrogens is 2. The molecule has 6 heteroatoms. The van der Waals surface area contributed by atoms with Gasteiger partial charge in [-0.05, 0) is 49.9 Å². The van der Waals surface area contributed by atoms with Crippen molar-refractivity contribution in [2.75, 3.05) is 26.2 Å². The van der Waals surface area contributed by atoms with Crippen LogP contribution < -0.4 is 0 Å². The van der Waals surface area contributed by atoms with Crippen molar-refractivity contribution in [1.29, 1.82) is 0 Å². The molecule has 130 valence electrons. The lowest BCUT2D eigenvalue weighted by molar-refractivity contribution is 0.0407. The summed E-state index contributed by atoms with van der Waals surface area (Å²) in [6.45, 7) is 5.40. The topological polar surface area (TPSA) is 62.4 Å². The second-order valence-corrected chi connectivity index (χ2v) is 7.06. The molecule has 1 aromatic heterocycles. The highest BCUT2D eigenvalue weighted by Crippen LogP contribution is 2.34. The largest absolute Gasteiger partial charge is 0.396 e. The second-order valence-electron chi connectivity index (χ2n) is 6.63. The molecule has 0 atom stereocenters. The van der Waals surface area contributed by atoms with Gasteiger partial charge in [-0.25, -0.2) is 0 Å². The molecule has 3 rings (SSSR count). The lowest BCUT2D eigenvalue weighted by Crippen LogP contribution is -2.42. The van der Waals surface area contributed by atoms with E-state index in [9.17, 15) is 5.11 Å². The van der Waals surface area contributed by atoms with Crippen LogP contribution in [0.1, 0.15) is 32.1 Å². The predicted molar refractivity (Wildman–Crippen MR) is 93.9 cm³/mol. The number of hydrogen-bond acceptors (Lipinski definition) is 5. The molecule has 2 aromatic rings. The van der Waals surface area contributed by atoms with Crippen molar-refractivity contribution < 1.29 is 9.63 Å². The van der Waals surface area contributed by atoms with Crippen molar-refractivity contribution >= 4 is 11.6 Å². The highest BCUT2D eigenvalue weighted by Gasteiger charge is 2.32. The van der Waals surface area contributed by atoms with Gasteiger partial charge < -0.3 is 14.5 Å². The van der Waals surface area contributed by atoms with E-state index in [0.29, 0.717) is 23.3 Å². The molecule has 5 nitrogen and oxygen atoms in total. The molecule has 1 saturated heterocycles. The summed E-state index contributed by atoms with van der Waals surface area (Å²) in [5.74, 6) is 1.23. The number of nitrogens with zero attached hydrogens (tertiary/aromatic N) is 3. The summed E-state index contributed by atoms with van der Waals surface area (Å²) in [6.07, 6.45) is 3.89. The zero-order valence-electron chi connectivity index (χ0n) is 14.0. The fourth-order valence-electron chi connectivity index (χ4n) is 3.23. The zero-order valence-corrected chi connectivity index (χ0v) is 14.8. The van der Waals surface area contributed by atoms with Gasteiger partial charge in [0.2, 0.25) is 11.7 Å². The zero-order chi connectivity index (χ0) is 17.0. The SMILES string of the molecule is CCC1(CO)CCN(CCc2nc(-c3cccc(Cl)c3)no2)CC1. The summed E-state index contributed by atoms with van der Waals surface area (Å²) in [7, 11) is 0. The molecule has 0 spiro atoms. The van der Waals surface area contributed by atoms with E-state index < -0.39 is 0 Å². The van der Waals surface area contributed by atoms with Gasteiger partial charge in [-0.1, -0.05) is 35.8 Å². The third-order valence-electron chi connectivity index (χ3n) is 5.19. The highest BCUT2D eigenvalue weighted by molar-refractivity contribution is 6.30. The van der Waals surface area contributed by atoms with Crippen molar-refractivity contribution in [3.05, 3.63) is 35.2 Å². The lowest BCUT2D eigenvalue weighted by atomic mass is 9.77. The Hall–Kier alpha value is -1.43. The maximum atomic E-state index is 9.61. The van der Waals surface area contributed by atoms with Crippen molar-refractivity contribution in [3.63, 3.8) is 0 Å². The minimum absolute atomic E-state index is 0.126. The van der Waals surface area contributed by atoms with E-state index in [2.05, 4.69) is 22.0 Å². The average Bonchev–Trinajstić information content (AvgIpc) is 3.10. The Bertz CT molecular complexity index is 660. The number of halogens is 1. The van der Waals surface area contributed by atoms with Gasteiger partial charge in [0, 0.05) is 30.2 Å². The average molecular weight is 350 g/mol. The predicted octanol–water partition coefficient (Wildman–Crippen LogP) is 3.42. The van der Waals surface area contributed by atoms with Crippen LogP contribution in [0, 0.1) is 5.41 Å². The molecule has 0 aliphatic carbocycles. The first-order chi connectivity index (χ1) is 11.6. The normalized spacial score (nSPS) is 18.0. The molecule has 0 saturated carbocycles. The van der Waals surface area contributed by atoms with Gasteiger partial charge >= 0.3 is 0 Å². The van der Waals surface area contributed by atoms with Crippen LogP contribution in [0.3, 0.4) is 0 Å². The summed E-state index contributed by atoms with van der Waals surface area (Å²) >= 11 is 6.00. The Morgan fingerprint density at radius 1 is 1.33 bits per heavy atom. The van der Waals surface area contributed by atoms with Crippen molar-refractivity contribution in [1.82, 2.24) is 15.0 Å². The molecule has 2 heterocycles. The molecular weight excluding hydrogens is 326 g/mol. The van der Waals surface area contributed by atoms with Crippen LogP contribution in [-0.2, 0) is 6.42 Å². The minimum atomic E-state index is 0.126. The van der Waals surface area contributed by atoms with Crippen molar-refractivity contribution in [2.24, 2.45) is 5.41 Å². The first-order valence-electron chi connectivity index (χ1n) is 8.56. The third kappa shape index (κ3) is 3.97. The number of piperidine rings is 1. The Labute approximate surface area is 147 Å². The van der Waals surface area contributed by atoms with Gasteiger partial charge in [-0.15, -0.1) is 0 Å². The minimum Gasteiger partial charge on any atom is -0.396 e. The molecular formula is C18H24ClN3O2. The highest BCUT2D eigenvalue weighted by atomic mass is 35.5. The Balaban J connectivity index is 1.53. The van der Waals surface area contributed by atoms with E-state index in [1.54, 1.807) is 0 Å². The third-order valence-corrected chi connectivity index (χ3v) is 5.43. The molecule has 0 amide bonds. The van der Waals surface area contributed by atoms with Gasteiger partial charge in [-0.2, -0.15) is 4.98 Å². The summed E-state index contributed by atoms with van der Waals surface area (Å²) in [5.41, 5.74) is 0.993. The molecule has 0 unspecified atom stereocenters. The van der Waals surface area contributed by atoms with Crippen LogP contribution in [0.2, 0.25) is 5.02 Å². The summed E-state index contributed by atoms with van der Waals surface area (Å²) < 4.78 is 5.36. The number of rotatable bonds is 6. The Kier molecular flexibility index (Phi) is 5.54. The summed E-state index contributed by atoms with van der Waals surface area (Å²) in [6, 6.07) is 7.46. The van der Waals surface area contributed by atoms with Crippen molar-refractivity contribution in [2.45, 2.75) is 32.6 Å². The van der Waals surface area contributed by atoms with Gasteiger partial charge in [0.15, 0.2) is 0 Å². The maximum absolute atomic E-state index is 9.61. The van der Waals surface area contributed by atoms with Crippen LogP contribution in [0.25, 0.3) is 11.4 Å². The molecule has 1 aliphatic rings. The van der Waals surface area contributed by atoms with E-state index in [0.717, 1.165) is 50.9 Å². The molecule has 1 aliphatic heterocycles. The van der Waals surface area contributed by atoms with E-state index in [1.165, 1.54) is 0 Å². The lowest BCUT2D eigenvalue weighted by Gasteiger charge is -2.40. The van der Waals surface area contributed by atoms with Crippen LogP contribution in [0.5, 0.6) is 0 Å². The second kappa shape index (κ2) is 7.64. The molecule has 1 aromatic carbocycles. The van der Waals surface area contributed by atoms with E-state index >= 15 is 0 Å². The fraction of sp³-hybridized carbons (Fsp3) is 0.556. The van der Waals surface area contributed by atoms with Gasteiger partial charge in [0.05, 0.1) is 0 Å². The standard InChI is InChI=1S/C18H24ClN3O2/c1-2-18(13-23)7-10-22(11-8-18)9-6-16-20-17(21-24-16)14-4-3-5-15(19)12-14/h3-5,12,23H,2,6-11,13H2,1H3. The Morgan fingerprint density at radius 3 is 2.79 bits per heavy atom. The van der Waals surface area contributed by atoms with Crippen molar-refractivity contribution in [3.8, 4) is 11.4 Å². The van der Waals surface area contributed by atoms with Crippen LogP contribution >= 0.6 is 11.6 Å². The van der Waals surface area contributed by atoms with Crippen LogP contribution in [0.15, 0.2) is 28.8 Å². The molecule has 1 fully saturated rings. The Morgan fingerprint density at radius 2 is 2.12 bits per heavy atom. The first kappa shape index (κ1) is 17.4. The van der Waals surface area contributed by atoms with E-state index in [-0.39, 0.29) is 5.41 Å². The monoisotopic (exact) mass is 349 g/mol. The first-order valence-corrected chi connectivity index (χ1v) is 8.94. The van der Waals surface area contributed by atoms with Crippen LogP contribution in [0.4, 0.5) is 0 Å². The smallest absolute Gasteiger partial charge is 0.228 e. The maximum Gasteiger partial charge on any atom is 0.228 e. The van der Waals surface area contributed by atoms with Gasteiger partial charge in [-0.3, -0.25) is 0 Å². The number of benzene rings is 1. The number of likely N-dealkylation sites (tertiary alicyclic amines) is 1. The molecule has 24 heavy (non-hydrogen) atoms. The number of aliphatic hydroxyl groups is 1. The molecule has 0 bridgehead atoms. The number of aliphatic hydroxyl groups excluding tert-OH is 1. The van der Waals surface area contributed by atoms with Crippen LogP contribution in [-0.4, -0.2) is 46.4 Å². The number of hydrogen-bond donors (Lipinski definition) is 1. The molecule has 1 N–H and O–H groups in total. The molecule has 0 radical (unpaired) electrons. The van der Waals surface area contributed by atoms with E-state index in [1.807, 2.05) is 24.3 Å². The summed E-state index contributed by atoms with van der Waals surface area (Å²) in [5, 5.41) is 14.3.